The Morgan fingerprint density at radius 1 is 1.05 bits per heavy atom. The third-order valence-corrected chi connectivity index (χ3v) is 3.82. The number of aryl methyl sites for hydroxylation is 2. The molecule has 0 saturated carbocycles. The van der Waals surface area contributed by atoms with Crippen LogP contribution in [0.5, 0.6) is 0 Å². The van der Waals surface area contributed by atoms with Crippen LogP contribution in [0.15, 0.2) is 42.5 Å². The number of halogens is 1. The van der Waals surface area contributed by atoms with Crippen molar-refractivity contribution in [2.75, 3.05) is 7.05 Å². The second-order valence-electron chi connectivity index (χ2n) is 5.19. The second kappa shape index (κ2) is 6.67. The monoisotopic (exact) mass is 271 g/mol. The fourth-order valence-electron chi connectivity index (χ4n) is 2.45. The van der Waals surface area contributed by atoms with Gasteiger partial charge in [0.15, 0.2) is 0 Å². The Morgan fingerprint density at radius 2 is 1.70 bits per heavy atom. The molecule has 0 heterocycles. The molecule has 0 aromatic heterocycles. The summed E-state index contributed by atoms with van der Waals surface area (Å²) < 4.78 is 14.2. The first-order valence-corrected chi connectivity index (χ1v) is 7.15. The summed E-state index contributed by atoms with van der Waals surface area (Å²) in [4.78, 5) is 0. The molecule has 0 radical (unpaired) electrons. The lowest BCUT2D eigenvalue weighted by atomic mass is 9.96. The van der Waals surface area contributed by atoms with Gasteiger partial charge in [0.05, 0.1) is 0 Å². The second-order valence-corrected chi connectivity index (χ2v) is 5.19. The molecule has 0 saturated heterocycles. The van der Waals surface area contributed by atoms with E-state index in [-0.39, 0.29) is 11.9 Å². The van der Waals surface area contributed by atoms with E-state index in [9.17, 15) is 4.39 Å². The zero-order valence-corrected chi connectivity index (χ0v) is 12.4. The van der Waals surface area contributed by atoms with Crippen LogP contribution in [0, 0.1) is 12.7 Å². The average molecular weight is 271 g/mol. The molecule has 1 unspecified atom stereocenters. The molecule has 2 aromatic rings. The van der Waals surface area contributed by atoms with Gasteiger partial charge in [-0.25, -0.2) is 4.39 Å². The smallest absolute Gasteiger partial charge is 0.130 e. The van der Waals surface area contributed by atoms with E-state index in [2.05, 4.69) is 36.5 Å². The zero-order valence-electron chi connectivity index (χ0n) is 12.4. The van der Waals surface area contributed by atoms with Gasteiger partial charge in [0, 0.05) is 11.6 Å². The van der Waals surface area contributed by atoms with Crippen molar-refractivity contribution in [3.63, 3.8) is 0 Å². The Morgan fingerprint density at radius 3 is 2.30 bits per heavy atom. The van der Waals surface area contributed by atoms with Gasteiger partial charge >= 0.3 is 0 Å². The lowest BCUT2D eigenvalue weighted by Gasteiger charge is -2.18. The Bertz CT molecular complexity index is 560. The summed E-state index contributed by atoms with van der Waals surface area (Å²) in [5.41, 5.74) is 4.00. The van der Waals surface area contributed by atoms with E-state index in [1.54, 1.807) is 0 Å². The van der Waals surface area contributed by atoms with Gasteiger partial charge < -0.3 is 5.32 Å². The first kappa shape index (κ1) is 14.7. The quantitative estimate of drug-likeness (QED) is 0.859. The molecule has 1 N–H and O–H groups in total. The molecule has 1 atom stereocenters. The van der Waals surface area contributed by atoms with Crippen LogP contribution in [-0.2, 0) is 12.8 Å². The molecule has 2 rings (SSSR count). The highest BCUT2D eigenvalue weighted by Crippen LogP contribution is 2.23. The molecule has 20 heavy (non-hydrogen) atoms. The van der Waals surface area contributed by atoms with Gasteiger partial charge in [-0.3, -0.25) is 0 Å². The Labute approximate surface area is 120 Å². The first-order chi connectivity index (χ1) is 9.65. The highest BCUT2D eigenvalue weighted by Gasteiger charge is 2.15. The Kier molecular flexibility index (Phi) is 4.91. The van der Waals surface area contributed by atoms with E-state index in [0.29, 0.717) is 5.56 Å². The van der Waals surface area contributed by atoms with Gasteiger partial charge in [-0.2, -0.15) is 0 Å². The average Bonchev–Trinajstić information content (AvgIpc) is 2.48. The van der Waals surface area contributed by atoms with Crippen molar-refractivity contribution >= 4 is 0 Å². The number of hydrogen-bond donors (Lipinski definition) is 1. The summed E-state index contributed by atoms with van der Waals surface area (Å²) in [6.45, 7) is 3.95. The molecule has 0 amide bonds. The van der Waals surface area contributed by atoms with E-state index < -0.39 is 0 Å². The van der Waals surface area contributed by atoms with Crippen molar-refractivity contribution in [2.45, 2.75) is 32.7 Å². The standard InChI is InChI=1S/C18H22FN/c1-4-14-8-10-15(11-9-14)12-17(20-3)16-7-5-6-13(2)18(16)19/h5-11,17,20H,4,12H2,1-3H3. The number of rotatable bonds is 5. The maximum Gasteiger partial charge on any atom is 0.130 e. The van der Waals surface area contributed by atoms with Crippen LogP contribution >= 0.6 is 0 Å². The minimum Gasteiger partial charge on any atom is -0.313 e. The normalized spacial score (nSPS) is 12.4. The summed E-state index contributed by atoms with van der Waals surface area (Å²) in [7, 11) is 1.88. The Hall–Kier alpha value is -1.67. The molecule has 0 bridgehead atoms. The van der Waals surface area contributed by atoms with Gasteiger partial charge in [-0.05, 0) is 43.5 Å². The van der Waals surface area contributed by atoms with Crippen LogP contribution in [0.1, 0.15) is 35.2 Å². The molecule has 0 fully saturated rings. The molecule has 0 aliphatic heterocycles. The largest absolute Gasteiger partial charge is 0.313 e. The molecule has 0 aliphatic carbocycles. The molecule has 106 valence electrons. The fourth-order valence-corrected chi connectivity index (χ4v) is 2.45. The summed E-state index contributed by atoms with van der Waals surface area (Å²) >= 11 is 0. The predicted octanol–water partition coefficient (Wildman–Crippen LogP) is 4.20. The number of nitrogens with one attached hydrogen (secondary N) is 1. The van der Waals surface area contributed by atoms with Gasteiger partial charge in [-0.1, -0.05) is 49.4 Å². The lowest BCUT2D eigenvalue weighted by Crippen LogP contribution is -2.20. The first-order valence-electron chi connectivity index (χ1n) is 7.15. The molecular weight excluding hydrogens is 249 g/mol. The summed E-state index contributed by atoms with van der Waals surface area (Å²) in [5.74, 6) is -0.1000. The highest BCUT2D eigenvalue weighted by atomic mass is 19.1. The van der Waals surface area contributed by atoms with Gasteiger partial charge in [-0.15, -0.1) is 0 Å². The third-order valence-electron chi connectivity index (χ3n) is 3.82. The van der Waals surface area contributed by atoms with Crippen molar-refractivity contribution < 1.29 is 4.39 Å². The predicted molar refractivity (Wildman–Crippen MR) is 82.5 cm³/mol. The van der Waals surface area contributed by atoms with E-state index in [1.807, 2.05) is 32.2 Å². The summed E-state index contributed by atoms with van der Waals surface area (Å²) in [6.07, 6.45) is 1.84. The van der Waals surface area contributed by atoms with Gasteiger partial charge in [0.25, 0.3) is 0 Å². The van der Waals surface area contributed by atoms with Crippen LogP contribution in [-0.4, -0.2) is 7.05 Å². The van der Waals surface area contributed by atoms with Crippen LogP contribution in [0.2, 0.25) is 0 Å². The molecule has 2 heteroatoms. The van der Waals surface area contributed by atoms with E-state index >= 15 is 0 Å². The highest BCUT2D eigenvalue weighted by molar-refractivity contribution is 5.30. The molecule has 1 nitrogen and oxygen atoms in total. The maximum absolute atomic E-state index is 14.2. The minimum absolute atomic E-state index is 0.00220. The lowest BCUT2D eigenvalue weighted by molar-refractivity contribution is 0.529. The Balaban J connectivity index is 2.21. The minimum atomic E-state index is -0.1000. The summed E-state index contributed by atoms with van der Waals surface area (Å²) in [6, 6.07) is 14.2. The van der Waals surface area contributed by atoms with Crippen LogP contribution in [0.25, 0.3) is 0 Å². The summed E-state index contributed by atoms with van der Waals surface area (Å²) in [5, 5.41) is 3.22. The van der Waals surface area contributed by atoms with Crippen molar-refractivity contribution in [2.24, 2.45) is 0 Å². The fraction of sp³-hybridized carbons (Fsp3) is 0.333. The van der Waals surface area contributed by atoms with E-state index in [4.69, 9.17) is 0 Å². The van der Waals surface area contributed by atoms with Crippen molar-refractivity contribution in [3.05, 3.63) is 70.5 Å². The molecule has 2 aromatic carbocycles. The SMILES string of the molecule is CCc1ccc(CC(NC)c2cccc(C)c2F)cc1. The molecule has 0 spiro atoms. The van der Waals surface area contributed by atoms with Crippen LogP contribution in [0.3, 0.4) is 0 Å². The van der Waals surface area contributed by atoms with Gasteiger partial charge in [0.1, 0.15) is 5.82 Å². The van der Waals surface area contributed by atoms with Crippen LogP contribution < -0.4 is 5.32 Å². The number of hydrogen-bond acceptors (Lipinski definition) is 1. The zero-order chi connectivity index (χ0) is 14.5. The third kappa shape index (κ3) is 3.26. The van der Waals surface area contributed by atoms with Crippen LogP contribution in [0.4, 0.5) is 4.39 Å². The van der Waals surface area contributed by atoms with Crippen molar-refractivity contribution in [3.8, 4) is 0 Å². The topological polar surface area (TPSA) is 12.0 Å². The van der Waals surface area contributed by atoms with Gasteiger partial charge in [0.2, 0.25) is 0 Å². The molecular formula is C18H22FN. The number of benzene rings is 2. The number of likely N-dealkylation sites (N-methyl/N-ethyl adjacent to an activating group) is 1. The van der Waals surface area contributed by atoms with Crippen molar-refractivity contribution in [1.82, 2.24) is 5.32 Å². The van der Waals surface area contributed by atoms with E-state index in [1.165, 1.54) is 11.1 Å². The van der Waals surface area contributed by atoms with Crippen molar-refractivity contribution in [1.29, 1.82) is 0 Å². The molecule has 0 aliphatic rings. The van der Waals surface area contributed by atoms with E-state index in [0.717, 1.165) is 18.4 Å². The maximum atomic E-state index is 14.2.